The first-order chi connectivity index (χ1) is 11.2. The average Bonchev–Trinajstić information content (AvgIpc) is 2.61. The summed E-state index contributed by atoms with van der Waals surface area (Å²) >= 11 is 6.05. The zero-order valence-electron chi connectivity index (χ0n) is 13.6. The summed E-state index contributed by atoms with van der Waals surface area (Å²) in [4.78, 5) is 18.2. The molecule has 0 spiro atoms. The SMILES string of the molecule is CC(C)(C)OC(=O)N1c2ccc(Cl)cc2NCc2cc(F)cnc21. The van der Waals surface area contributed by atoms with E-state index in [2.05, 4.69) is 10.3 Å². The number of fused-ring (bicyclic) bond motifs is 2. The van der Waals surface area contributed by atoms with E-state index in [9.17, 15) is 9.18 Å². The number of nitrogens with zero attached hydrogens (tertiary/aromatic N) is 2. The van der Waals surface area contributed by atoms with Crippen LogP contribution < -0.4 is 10.2 Å². The first kappa shape index (κ1) is 16.5. The molecule has 3 rings (SSSR count). The average molecular weight is 350 g/mol. The normalized spacial score (nSPS) is 13.5. The highest BCUT2D eigenvalue weighted by Gasteiger charge is 2.31. The molecule has 0 aliphatic carbocycles. The number of halogens is 2. The predicted molar refractivity (Wildman–Crippen MR) is 91.3 cm³/mol. The van der Waals surface area contributed by atoms with E-state index >= 15 is 0 Å². The van der Waals surface area contributed by atoms with Crippen LogP contribution in [0.1, 0.15) is 26.3 Å². The van der Waals surface area contributed by atoms with Crippen molar-refractivity contribution >= 4 is 34.9 Å². The van der Waals surface area contributed by atoms with Crippen molar-refractivity contribution in [3.05, 3.63) is 46.9 Å². The van der Waals surface area contributed by atoms with Crippen LogP contribution in [0.4, 0.5) is 26.4 Å². The third-order valence-corrected chi connectivity index (χ3v) is 3.60. The minimum absolute atomic E-state index is 0.312. The summed E-state index contributed by atoms with van der Waals surface area (Å²) < 4.78 is 19.1. The highest BCUT2D eigenvalue weighted by atomic mass is 35.5. The summed E-state index contributed by atoms with van der Waals surface area (Å²) in [7, 11) is 0. The lowest BCUT2D eigenvalue weighted by Gasteiger charge is -2.27. The van der Waals surface area contributed by atoms with Gasteiger partial charge in [-0.3, -0.25) is 0 Å². The number of carbonyl (C=O) groups is 1. The Morgan fingerprint density at radius 2 is 2.12 bits per heavy atom. The summed E-state index contributed by atoms with van der Waals surface area (Å²) in [5, 5.41) is 3.68. The standard InChI is InChI=1S/C17H17ClFN3O2/c1-17(2,3)24-16(23)22-14-5-4-11(18)7-13(14)20-8-10-6-12(19)9-21-15(10)22/h4-7,9,20H,8H2,1-3H3. The third kappa shape index (κ3) is 3.28. The van der Waals surface area contributed by atoms with E-state index in [1.165, 1.54) is 11.0 Å². The Morgan fingerprint density at radius 3 is 2.83 bits per heavy atom. The van der Waals surface area contributed by atoms with E-state index in [1.807, 2.05) is 0 Å². The van der Waals surface area contributed by atoms with Crippen LogP contribution in [0.25, 0.3) is 0 Å². The molecule has 1 aliphatic heterocycles. The molecule has 2 heterocycles. The van der Waals surface area contributed by atoms with Gasteiger partial charge < -0.3 is 10.1 Å². The highest BCUT2D eigenvalue weighted by Crippen LogP contribution is 2.39. The van der Waals surface area contributed by atoms with E-state index in [-0.39, 0.29) is 0 Å². The van der Waals surface area contributed by atoms with Gasteiger partial charge in [0.05, 0.1) is 17.6 Å². The first-order valence-electron chi connectivity index (χ1n) is 7.45. The molecule has 1 aliphatic rings. The molecule has 0 atom stereocenters. The molecule has 0 saturated carbocycles. The molecule has 0 radical (unpaired) electrons. The molecular formula is C17H17ClFN3O2. The smallest absolute Gasteiger partial charge is 0.420 e. The molecular weight excluding hydrogens is 333 g/mol. The van der Waals surface area contributed by atoms with Crippen molar-refractivity contribution in [2.75, 3.05) is 10.2 Å². The van der Waals surface area contributed by atoms with Gasteiger partial charge in [-0.25, -0.2) is 19.1 Å². The Labute approximate surface area is 144 Å². The summed E-state index contributed by atoms with van der Waals surface area (Å²) in [5.74, 6) is -0.136. The van der Waals surface area contributed by atoms with Crippen molar-refractivity contribution in [3.63, 3.8) is 0 Å². The molecule has 0 fully saturated rings. The number of pyridine rings is 1. The summed E-state index contributed by atoms with van der Waals surface area (Å²) in [5.41, 5.74) is 1.07. The van der Waals surface area contributed by atoms with Gasteiger partial charge in [0.15, 0.2) is 0 Å². The monoisotopic (exact) mass is 349 g/mol. The van der Waals surface area contributed by atoms with Crippen LogP contribution in [0, 0.1) is 5.82 Å². The van der Waals surface area contributed by atoms with Crippen molar-refractivity contribution in [1.82, 2.24) is 4.98 Å². The Kier molecular flexibility index (Phi) is 4.09. The topological polar surface area (TPSA) is 54.5 Å². The van der Waals surface area contributed by atoms with Crippen molar-refractivity contribution < 1.29 is 13.9 Å². The lowest BCUT2D eigenvalue weighted by atomic mass is 10.2. The van der Waals surface area contributed by atoms with Gasteiger partial charge in [-0.05, 0) is 45.0 Å². The summed E-state index contributed by atoms with van der Waals surface area (Å²) in [6, 6.07) is 6.43. The Morgan fingerprint density at radius 1 is 1.38 bits per heavy atom. The molecule has 0 bridgehead atoms. The Balaban J connectivity index is 2.15. The molecule has 1 aromatic heterocycles. The number of hydrogen-bond donors (Lipinski definition) is 1. The number of nitrogens with one attached hydrogen (secondary N) is 1. The van der Waals surface area contributed by atoms with Crippen molar-refractivity contribution in [1.29, 1.82) is 0 Å². The molecule has 24 heavy (non-hydrogen) atoms. The lowest BCUT2D eigenvalue weighted by Crippen LogP contribution is -2.34. The maximum atomic E-state index is 13.6. The molecule has 1 N–H and O–H groups in total. The predicted octanol–water partition coefficient (Wildman–Crippen LogP) is 4.87. The second kappa shape index (κ2) is 5.94. The number of carbonyl (C=O) groups excluding carboxylic acids is 1. The fraction of sp³-hybridized carbons (Fsp3) is 0.294. The molecule has 1 aromatic carbocycles. The fourth-order valence-electron chi connectivity index (χ4n) is 2.45. The number of rotatable bonds is 0. The van der Waals surface area contributed by atoms with E-state index in [0.717, 1.165) is 6.20 Å². The maximum Gasteiger partial charge on any atom is 0.420 e. The van der Waals surface area contributed by atoms with E-state index < -0.39 is 17.5 Å². The molecule has 0 unspecified atom stereocenters. The lowest BCUT2D eigenvalue weighted by molar-refractivity contribution is 0.0598. The number of hydrogen-bond acceptors (Lipinski definition) is 4. The molecule has 126 valence electrons. The largest absolute Gasteiger partial charge is 0.443 e. The quantitative estimate of drug-likeness (QED) is 0.737. The van der Waals surface area contributed by atoms with Crippen LogP contribution in [0.15, 0.2) is 30.5 Å². The molecule has 2 aromatic rings. The number of benzene rings is 1. The number of aromatic nitrogens is 1. The van der Waals surface area contributed by atoms with Crippen LogP contribution in [0.2, 0.25) is 5.02 Å². The first-order valence-corrected chi connectivity index (χ1v) is 7.83. The van der Waals surface area contributed by atoms with Gasteiger partial charge in [-0.1, -0.05) is 11.6 Å². The van der Waals surface area contributed by atoms with Gasteiger partial charge in [0, 0.05) is 17.1 Å². The van der Waals surface area contributed by atoms with Gasteiger partial charge in [0.1, 0.15) is 17.2 Å². The Hall–Kier alpha value is -2.34. The summed E-state index contributed by atoms with van der Waals surface area (Å²) in [6.45, 7) is 5.65. The zero-order chi connectivity index (χ0) is 17.5. The van der Waals surface area contributed by atoms with Crippen LogP contribution in [-0.2, 0) is 11.3 Å². The van der Waals surface area contributed by atoms with Gasteiger partial charge in [-0.15, -0.1) is 0 Å². The fourth-order valence-corrected chi connectivity index (χ4v) is 2.62. The molecule has 7 heteroatoms. The zero-order valence-corrected chi connectivity index (χ0v) is 14.3. The van der Waals surface area contributed by atoms with Crippen molar-refractivity contribution in [3.8, 4) is 0 Å². The minimum Gasteiger partial charge on any atom is -0.443 e. The van der Waals surface area contributed by atoms with Gasteiger partial charge in [0.25, 0.3) is 0 Å². The van der Waals surface area contributed by atoms with Gasteiger partial charge in [0.2, 0.25) is 0 Å². The number of amides is 1. The Bertz CT molecular complexity index is 751. The van der Waals surface area contributed by atoms with E-state index in [0.29, 0.717) is 34.3 Å². The summed E-state index contributed by atoms with van der Waals surface area (Å²) in [6.07, 6.45) is 0.493. The second-order valence-electron chi connectivity index (χ2n) is 6.47. The molecule has 0 saturated heterocycles. The number of anilines is 3. The van der Waals surface area contributed by atoms with E-state index in [4.69, 9.17) is 16.3 Å². The van der Waals surface area contributed by atoms with Crippen LogP contribution in [0.5, 0.6) is 0 Å². The van der Waals surface area contributed by atoms with Gasteiger partial charge >= 0.3 is 6.09 Å². The van der Waals surface area contributed by atoms with Crippen LogP contribution >= 0.6 is 11.6 Å². The number of ether oxygens (including phenoxy) is 1. The van der Waals surface area contributed by atoms with Crippen molar-refractivity contribution in [2.24, 2.45) is 0 Å². The second-order valence-corrected chi connectivity index (χ2v) is 6.90. The highest BCUT2D eigenvalue weighted by molar-refractivity contribution is 6.31. The third-order valence-electron chi connectivity index (χ3n) is 3.37. The van der Waals surface area contributed by atoms with Gasteiger partial charge in [-0.2, -0.15) is 0 Å². The van der Waals surface area contributed by atoms with Crippen LogP contribution in [0.3, 0.4) is 0 Å². The maximum absolute atomic E-state index is 13.6. The van der Waals surface area contributed by atoms with Crippen molar-refractivity contribution in [2.45, 2.75) is 32.9 Å². The van der Waals surface area contributed by atoms with E-state index in [1.54, 1.807) is 39.0 Å². The van der Waals surface area contributed by atoms with Crippen LogP contribution in [-0.4, -0.2) is 16.7 Å². The molecule has 1 amide bonds. The minimum atomic E-state index is -0.677. The molecule has 5 nitrogen and oxygen atoms in total.